The van der Waals surface area contributed by atoms with E-state index in [0.29, 0.717) is 17.0 Å². The number of rotatable bonds is 3. The molecule has 0 radical (unpaired) electrons. The zero-order chi connectivity index (χ0) is 11.4. The van der Waals surface area contributed by atoms with Gasteiger partial charge in [-0.25, -0.2) is 0 Å². The molecule has 0 aliphatic heterocycles. The van der Waals surface area contributed by atoms with Crippen LogP contribution in [0, 0.1) is 11.3 Å². The van der Waals surface area contributed by atoms with Gasteiger partial charge in [0.05, 0.1) is 17.6 Å². The third kappa shape index (κ3) is 2.38. The van der Waals surface area contributed by atoms with E-state index in [9.17, 15) is 0 Å². The van der Waals surface area contributed by atoms with Crippen molar-refractivity contribution in [2.45, 2.75) is 10.6 Å². The molecule has 0 bridgehead atoms. The SMILES string of the molecule is N#Cc1cc(N)ccc1SCc1ccco1. The Bertz CT molecular complexity index is 514. The molecule has 1 aromatic carbocycles. The maximum absolute atomic E-state index is 8.96. The molecule has 4 heteroatoms. The van der Waals surface area contributed by atoms with Crippen LogP contribution in [-0.2, 0) is 5.75 Å². The van der Waals surface area contributed by atoms with Crippen molar-refractivity contribution >= 4 is 17.4 Å². The number of nitrogens with zero attached hydrogens (tertiary/aromatic N) is 1. The monoisotopic (exact) mass is 230 g/mol. The van der Waals surface area contributed by atoms with Gasteiger partial charge < -0.3 is 10.2 Å². The molecule has 0 fully saturated rings. The van der Waals surface area contributed by atoms with E-state index >= 15 is 0 Å². The fraction of sp³-hybridized carbons (Fsp3) is 0.0833. The summed E-state index contributed by atoms with van der Waals surface area (Å²) in [4.78, 5) is 0.924. The Kier molecular flexibility index (Phi) is 3.18. The number of nitrogens with two attached hydrogens (primary N) is 1. The smallest absolute Gasteiger partial charge is 0.113 e. The van der Waals surface area contributed by atoms with Gasteiger partial charge in [-0.2, -0.15) is 5.26 Å². The maximum Gasteiger partial charge on any atom is 0.113 e. The van der Waals surface area contributed by atoms with Crippen LogP contribution in [0.4, 0.5) is 5.69 Å². The number of anilines is 1. The van der Waals surface area contributed by atoms with Gasteiger partial charge in [-0.3, -0.25) is 0 Å². The molecule has 16 heavy (non-hydrogen) atoms. The quantitative estimate of drug-likeness (QED) is 0.650. The highest BCUT2D eigenvalue weighted by Crippen LogP contribution is 2.27. The number of thioether (sulfide) groups is 1. The third-order valence-electron chi connectivity index (χ3n) is 2.07. The van der Waals surface area contributed by atoms with Gasteiger partial charge in [0, 0.05) is 10.6 Å². The number of nitrogen functional groups attached to an aromatic ring is 1. The van der Waals surface area contributed by atoms with Gasteiger partial charge in [0.15, 0.2) is 0 Å². The van der Waals surface area contributed by atoms with E-state index in [0.717, 1.165) is 10.7 Å². The van der Waals surface area contributed by atoms with E-state index in [1.165, 1.54) is 0 Å². The van der Waals surface area contributed by atoms with E-state index in [4.69, 9.17) is 15.4 Å². The van der Waals surface area contributed by atoms with E-state index in [1.807, 2.05) is 18.2 Å². The zero-order valence-corrected chi connectivity index (χ0v) is 9.33. The number of hydrogen-bond donors (Lipinski definition) is 1. The lowest BCUT2D eigenvalue weighted by molar-refractivity contribution is 0.530. The van der Waals surface area contributed by atoms with Crippen LogP contribution in [0.2, 0.25) is 0 Å². The molecule has 0 aliphatic rings. The Morgan fingerprint density at radius 2 is 2.25 bits per heavy atom. The van der Waals surface area contributed by atoms with Crippen molar-refractivity contribution in [3.05, 3.63) is 47.9 Å². The number of hydrogen-bond acceptors (Lipinski definition) is 4. The van der Waals surface area contributed by atoms with Crippen LogP contribution in [0.25, 0.3) is 0 Å². The van der Waals surface area contributed by atoms with Gasteiger partial charge >= 0.3 is 0 Å². The summed E-state index contributed by atoms with van der Waals surface area (Å²) in [7, 11) is 0. The van der Waals surface area contributed by atoms with Crippen LogP contribution >= 0.6 is 11.8 Å². The largest absolute Gasteiger partial charge is 0.468 e. The summed E-state index contributed by atoms with van der Waals surface area (Å²) < 4.78 is 5.22. The van der Waals surface area contributed by atoms with E-state index in [-0.39, 0.29) is 0 Å². The molecule has 2 aromatic rings. The third-order valence-corrected chi connectivity index (χ3v) is 3.17. The lowest BCUT2D eigenvalue weighted by atomic mass is 10.2. The Labute approximate surface area is 97.9 Å². The van der Waals surface area contributed by atoms with Crippen LogP contribution in [0.5, 0.6) is 0 Å². The Balaban J connectivity index is 2.13. The fourth-order valence-corrected chi connectivity index (χ4v) is 2.19. The summed E-state index contributed by atoms with van der Waals surface area (Å²) in [5.41, 5.74) is 6.83. The molecule has 0 amide bonds. The second-order valence-corrected chi connectivity index (χ2v) is 4.25. The number of furan rings is 1. The predicted octanol–water partition coefficient (Wildman–Crippen LogP) is 3.03. The second kappa shape index (κ2) is 4.77. The van der Waals surface area contributed by atoms with Gasteiger partial charge in [-0.1, -0.05) is 0 Å². The van der Waals surface area contributed by atoms with Crippen molar-refractivity contribution in [2.24, 2.45) is 0 Å². The molecule has 0 saturated heterocycles. The first-order chi connectivity index (χ1) is 7.79. The van der Waals surface area contributed by atoms with Gasteiger partial charge in [0.1, 0.15) is 11.8 Å². The summed E-state index contributed by atoms with van der Waals surface area (Å²) in [6, 6.07) is 11.2. The molecule has 0 saturated carbocycles. The number of nitriles is 1. The lowest BCUT2D eigenvalue weighted by Crippen LogP contribution is -1.88. The van der Waals surface area contributed by atoms with Crippen LogP contribution in [-0.4, -0.2) is 0 Å². The summed E-state index contributed by atoms with van der Waals surface area (Å²) in [5.74, 6) is 1.61. The zero-order valence-electron chi connectivity index (χ0n) is 8.51. The first-order valence-electron chi connectivity index (χ1n) is 4.74. The molecule has 0 spiro atoms. The molecular formula is C12H10N2OS. The first kappa shape index (κ1) is 10.7. The van der Waals surface area contributed by atoms with E-state index < -0.39 is 0 Å². The van der Waals surface area contributed by atoms with Crippen molar-refractivity contribution in [3.8, 4) is 6.07 Å². The minimum atomic E-state index is 0.608. The average molecular weight is 230 g/mol. The highest BCUT2D eigenvalue weighted by atomic mass is 32.2. The summed E-state index contributed by atoms with van der Waals surface area (Å²) >= 11 is 1.57. The second-order valence-electron chi connectivity index (χ2n) is 3.24. The highest BCUT2D eigenvalue weighted by Gasteiger charge is 2.04. The predicted molar refractivity (Wildman–Crippen MR) is 63.8 cm³/mol. The van der Waals surface area contributed by atoms with Gasteiger partial charge in [0.25, 0.3) is 0 Å². The maximum atomic E-state index is 8.96. The minimum Gasteiger partial charge on any atom is -0.468 e. The number of benzene rings is 1. The molecular weight excluding hydrogens is 220 g/mol. The van der Waals surface area contributed by atoms with E-state index in [1.54, 1.807) is 30.2 Å². The van der Waals surface area contributed by atoms with Gasteiger partial charge in [-0.15, -0.1) is 11.8 Å². The molecule has 0 aliphatic carbocycles. The van der Waals surface area contributed by atoms with Crippen molar-refractivity contribution in [3.63, 3.8) is 0 Å². The molecule has 80 valence electrons. The molecule has 0 atom stereocenters. The van der Waals surface area contributed by atoms with Crippen LogP contribution in [0.15, 0.2) is 45.9 Å². The minimum absolute atomic E-state index is 0.608. The Morgan fingerprint density at radius 1 is 1.38 bits per heavy atom. The van der Waals surface area contributed by atoms with Gasteiger partial charge in [-0.05, 0) is 30.3 Å². The summed E-state index contributed by atoms with van der Waals surface area (Å²) in [5, 5.41) is 8.96. The molecule has 2 rings (SSSR count). The molecule has 0 unspecified atom stereocenters. The summed E-state index contributed by atoms with van der Waals surface area (Å²) in [6.45, 7) is 0. The first-order valence-corrected chi connectivity index (χ1v) is 5.73. The van der Waals surface area contributed by atoms with Crippen LogP contribution in [0.1, 0.15) is 11.3 Å². The molecule has 3 nitrogen and oxygen atoms in total. The van der Waals surface area contributed by atoms with Crippen molar-refractivity contribution in [1.82, 2.24) is 0 Å². The average Bonchev–Trinajstić information content (AvgIpc) is 2.80. The lowest BCUT2D eigenvalue weighted by Gasteiger charge is -2.03. The van der Waals surface area contributed by atoms with E-state index in [2.05, 4.69) is 6.07 Å². The van der Waals surface area contributed by atoms with Crippen molar-refractivity contribution in [1.29, 1.82) is 5.26 Å². The summed E-state index contributed by atoms with van der Waals surface area (Å²) in [6.07, 6.45) is 1.64. The van der Waals surface area contributed by atoms with Gasteiger partial charge in [0.2, 0.25) is 0 Å². The molecule has 1 heterocycles. The highest BCUT2D eigenvalue weighted by molar-refractivity contribution is 7.98. The fourth-order valence-electron chi connectivity index (χ4n) is 1.30. The Hall–Kier alpha value is -1.86. The normalized spacial score (nSPS) is 9.94. The molecule has 2 N–H and O–H groups in total. The standard InChI is InChI=1S/C12H10N2OS/c13-7-9-6-10(14)3-4-12(9)16-8-11-2-1-5-15-11/h1-6H,8,14H2. The topological polar surface area (TPSA) is 63.0 Å². The van der Waals surface area contributed by atoms with Crippen molar-refractivity contribution in [2.75, 3.05) is 5.73 Å². The van der Waals surface area contributed by atoms with Crippen LogP contribution in [0.3, 0.4) is 0 Å². The molecule has 1 aromatic heterocycles. The van der Waals surface area contributed by atoms with Crippen LogP contribution < -0.4 is 5.73 Å². The Morgan fingerprint density at radius 3 is 2.94 bits per heavy atom. The van der Waals surface area contributed by atoms with Crippen molar-refractivity contribution < 1.29 is 4.42 Å².